The summed E-state index contributed by atoms with van der Waals surface area (Å²) in [6.07, 6.45) is 2.70. The summed E-state index contributed by atoms with van der Waals surface area (Å²) in [5, 5.41) is 3.63. The van der Waals surface area contributed by atoms with Crippen LogP contribution in [0.4, 0.5) is 0 Å². The zero-order valence-electron chi connectivity index (χ0n) is 11.1. The Balaban J connectivity index is 1.57. The van der Waals surface area contributed by atoms with Crippen molar-refractivity contribution in [2.45, 2.75) is 31.5 Å². The normalized spacial score (nSPS) is 24.6. The van der Waals surface area contributed by atoms with Crippen LogP contribution in [0.25, 0.3) is 0 Å². The van der Waals surface area contributed by atoms with Crippen molar-refractivity contribution in [3.8, 4) is 0 Å². The maximum absolute atomic E-state index is 5.64. The van der Waals surface area contributed by atoms with Gasteiger partial charge in [-0.1, -0.05) is 12.1 Å². The summed E-state index contributed by atoms with van der Waals surface area (Å²) in [6, 6.07) is 10.2. The molecule has 3 rings (SSSR count). The molecule has 2 fully saturated rings. The van der Waals surface area contributed by atoms with Gasteiger partial charge in [0.15, 0.2) is 0 Å². The van der Waals surface area contributed by atoms with Crippen LogP contribution < -0.4 is 5.32 Å². The van der Waals surface area contributed by atoms with Crippen molar-refractivity contribution < 1.29 is 4.74 Å². The van der Waals surface area contributed by atoms with Crippen molar-refractivity contribution in [1.29, 1.82) is 0 Å². The quantitative estimate of drug-likeness (QED) is 0.803. The van der Waals surface area contributed by atoms with Gasteiger partial charge in [0, 0.05) is 35.3 Å². The van der Waals surface area contributed by atoms with E-state index >= 15 is 0 Å². The van der Waals surface area contributed by atoms with E-state index in [1.54, 1.807) is 0 Å². The highest BCUT2D eigenvalue weighted by Crippen LogP contribution is 2.19. The molecule has 1 atom stereocenters. The van der Waals surface area contributed by atoms with Crippen LogP contribution in [-0.4, -0.2) is 43.3 Å². The van der Waals surface area contributed by atoms with E-state index in [-0.39, 0.29) is 0 Å². The number of nitrogens with zero attached hydrogens (tertiary/aromatic N) is 1. The molecule has 4 heteroatoms. The van der Waals surface area contributed by atoms with Crippen LogP contribution in [0.3, 0.4) is 0 Å². The molecule has 104 valence electrons. The zero-order valence-corrected chi connectivity index (χ0v) is 13.3. The van der Waals surface area contributed by atoms with Gasteiger partial charge in [-0.25, -0.2) is 0 Å². The van der Waals surface area contributed by atoms with E-state index in [1.165, 1.54) is 22.0 Å². The summed E-state index contributed by atoms with van der Waals surface area (Å²) >= 11 is 2.36. The molecule has 0 spiro atoms. The topological polar surface area (TPSA) is 24.5 Å². The molecule has 1 aliphatic carbocycles. The molecule has 1 heterocycles. The molecule has 1 aromatic rings. The van der Waals surface area contributed by atoms with Crippen molar-refractivity contribution in [3.05, 3.63) is 33.4 Å². The van der Waals surface area contributed by atoms with Gasteiger partial charge in [0.05, 0.1) is 13.2 Å². The minimum absolute atomic E-state index is 0.522. The Morgan fingerprint density at radius 2 is 2.05 bits per heavy atom. The molecule has 1 aliphatic heterocycles. The Morgan fingerprint density at radius 1 is 1.26 bits per heavy atom. The average Bonchev–Trinajstić information content (AvgIpc) is 3.25. The maximum atomic E-state index is 5.64. The molecule has 0 bridgehead atoms. The molecular weight excluding hydrogens is 351 g/mol. The molecule has 1 saturated carbocycles. The second kappa shape index (κ2) is 6.52. The third kappa shape index (κ3) is 4.15. The van der Waals surface area contributed by atoms with Gasteiger partial charge in [-0.05, 0) is 53.1 Å². The van der Waals surface area contributed by atoms with E-state index in [0.717, 1.165) is 38.9 Å². The summed E-state index contributed by atoms with van der Waals surface area (Å²) < 4.78 is 6.94. The van der Waals surface area contributed by atoms with E-state index in [1.807, 2.05) is 0 Å². The molecule has 0 aromatic heterocycles. The van der Waals surface area contributed by atoms with Crippen LogP contribution in [0.2, 0.25) is 0 Å². The number of nitrogens with one attached hydrogen (secondary N) is 1. The van der Waals surface area contributed by atoms with Crippen LogP contribution in [0.5, 0.6) is 0 Å². The molecule has 1 unspecified atom stereocenters. The monoisotopic (exact) mass is 372 g/mol. The fraction of sp³-hybridized carbons (Fsp3) is 0.600. The average molecular weight is 372 g/mol. The van der Waals surface area contributed by atoms with E-state index < -0.39 is 0 Å². The third-order valence-electron chi connectivity index (χ3n) is 3.87. The molecule has 0 amide bonds. The Hall–Kier alpha value is -0.170. The van der Waals surface area contributed by atoms with Gasteiger partial charge in [0.25, 0.3) is 0 Å². The largest absolute Gasteiger partial charge is 0.378 e. The predicted molar refractivity (Wildman–Crippen MR) is 85.2 cm³/mol. The first-order valence-electron chi connectivity index (χ1n) is 7.11. The smallest absolute Gasteiger partial charge is 0.0635 e. The molecule has 0 radical (unpaired) electrons. The molecular formula is C15H21IN2O. The van der Waals surface area contributed by atoms with Crippen LogP contribution in [0.1, 0.15) is 18.4 Å². The highest BCUT2D eigenvalue weighted by atomic mass is 127. The van der Waals surface area contributed by atoms with Gasteiger partial charge in [-0.3, -0.25) is 4.90 Å². The van der Waals surface area contributed by atoms with Crippen molar-refractivity contribution in [2.75, 3.05) is 26.3 Å². The SMILES string of the molecule is Ic1ccc(CN2CCOCC2CNC2CC2)cc1. The molecule has 1 saturated heterocycles. The Morgan fingerprint density at radius 3 is 2.79 bits per heavy atom. The second-order valence-corrected chi connectivity index (χ2v) is 6.75. The first-order valence-corrected chi connectivity index (χ1v) is 8.19. The Kier molecular flexibility index (Phi) is 4.73. The number of halogens is 1. The number of ether oxygens (including phenoxy) is 1. The molecule has 19 heavy (non-hydrogen) atoms. The lowest BCUT2D eigenvalue weighted by Gasteiger charge is -2.35. The fourth-order valence-electron chi connectivity index (χ4n) is 2.50. The van der Waals surface area contributed by atoms with Gasteiger partial charge in [-0.2, -0.15) is 0 Å². The van der Waals surface area contributed by atoms with Crippen molar-refractivity contribution in [1.82, 2.24) is 10.2 Å². The summed E-state index contributed by atoms with van der Waals surface area (Å²) in [6.45, 7) is 4.88. The predicted octanol–water partition coefficient (Wildman–Crippen LogP) is 2.24. The highest BCUT2D eigenvalue weighted by Gasteiger charge is 2.26. The van der Waals surface area contributed by atoms with Crippen LogP contribution in [0.15, 0.2) is 24.3 Å². The zero-order chi connectivity index (χ0) is 13.1. The van der Waals surface area contributed by atoms with E-state index in [4.69, 9.17) is 4.74 Å². The third-order valence-corrected chi connectivity index (χ3v) is 4.59. The van der Waals surface area contributed by atoms with Crippen LogP contribution in [0, 0.1) is 3.57 Å². The molecule has 1 aromatic carbocycles. The summed E-state index contributed by atoms with van der Waals surface area (Å²) in [7, 11) is 0. The number of morpholine rings is 1. The minimum Gasteiger partial charge on any atom is -0.378 e. The first kappa shape index (κ1) is 13.8. The number of rotatable bonds is 5. The van der Waals surface area contributed by atoms with Gasteiger partial charge in [0.2, 0.25) is 0 Å². The second-order valence-electron chi connectivity index (χ2n) is 5.51. The number of hydrogen-bond acceptors (Lipinski definition) is 3. The molecule has 3 nitrogen and oxygen atoms in total. The lowest BCUT2D eigenvalue weighted by atomic mass is 10.1. The lowest BCUT2D eigenvalue weighted by Crippen LogP contribution is -2.50. The molecule has 2 aliphatic rings. The highest BCUT2D eigenvalue weighted by molar-refractivity contribution is 14.1. The van der Waals surface area contributed by atoms with Crippen molar-refractivity contribution >= 4 is 22.6 Å². The van der Waals surface area contributed by atoms with Crippen molar-refractivity contribution in [3.63, 3.8) is 0 Å². The van der Waals surface area contributed by atoms with Crippen LogP contribution in [-0.2, 0) is 11.3 Å². The lowest BCUT2D eigenvalue weighted by molar-refractivity contribution is -0.0110. The van der Waals surface area contributed by atoms with E-state index in [2.05, 4.69) is 57.1 Å². The van der Waals surface area contributed by atoms with Crippen LogP contribution >= 0.6 is 22.6 Å². The van der Waals surface area contributed by atoms with E-state index in [9.17, 15) is 0 Å². The minimum atomic E-state index is 0.522. The fourth-order valence-corrected chi connectivity index (χ4v) is 2.86. The van der Waals surface area contributed by atoms with Gasteiger partial charge >= 0.3 is 0 Å². The number of benzene rings is 1. The summed E-state index contributed by atoms with van der Waals surface area (Å²) in [4.78, 5) is 2.56. The van der Waals surface area contributed by atoms with E-state index in [0.29, 0.717) is 6.04 Å². The number of hydrogen-bond donors (Lipinski definition) is 1. The van der Waals surface area contributed by atoms with Gasteiger partial charge in [-0.15, -0.1) is 0 Å². The molecule has 1 N–H and O–H groups in total. The van der Waals surface area contributed by atoms with Gasteiger partial charge < -0.3 is 10.1 Å². The van der Waals surface area contributed by atoms with Crippen molar-refractivity contribution in [2.24, 2.45) is 0 Å². The standard InChI is InChI=1S/C15H21IN2O/c16-13-3-1-12(2-4-13)10-18-7-8-19-11-15(18)9-17-14-5-6-14/h1-4,14-15,17H,5-11H2. The summed E-state index contributed by atoms with van der Waals surface area (Å²) in [5.74, 6) is 0. The Bertz CT molecular complexity index is 405. The van der Waals surface area contributed by atoms with Gasteiger partial charge in [0.1, 0.15) is 0 Å². The first-order chi connectivity index (χ1) is 9.31. The maximum Gasteiger partial charge on any atom is 0.0635 e. The Labute approximate surface area is 128 Å². The summed E-state index contributed by atoms with van der Waals surface area (Å²) in [5.41, 5.74) is 1.40.